The molecule has 0 aliphatic carbocycles. The van der Waals surface area contributed by atoms with Crippen molar-refractivity contribution in [3.63, 3.8) is 0 Å². The van der Waals surface area contributed by atoms with Crippen LogP contribution in [0.1, 0.15) is 73.1 Å². The first-order valence-electron chi connectivity index (χ1n) is 10.8. The van der Waals surface area contributed by atoms with Gasteiger partial charge in [0, 0.05) is 0 Å². The molecule has 0 bridgehead atoms. The van der Waals surface area contributed by atoms with Gasteiger partial charge in [-0.25, -0.2) is 0 Å². The standard InChI is InChI=1S/C24H35BO3/c1-6-7-8-9-10-11-16-26-22-15-13-19-17-21(14-12-20(19)18-22)25-27-23(2,3)24(4,5)28-25/h12-15,17-18H,6-11,16H2,1-5H3. The first-order valence-corrected chi connectivity index (χ1v) is 10.8. The van der Waals surface area contributed by atoms with E-state index in [1.165, 1.54) is 42.9 Å². The van der Waals surface area contributed by atoms with Crippen LogP contribution in [0.25, 0.3) is 10.8 Å². The molecule has 2 aromatic rings. The SMILES string of the molecule is CCCCCCCCOc1ccc2cc(B3OC(C)(C)C(C)(C)O3)ccc2c1. The topological polar surface area (TPSA) is 27.7 Å². The Morgan fingerprint density at radius 3 is 2.11 bits per heavy atom. The molecule has 1 heterocycles. The summed E-state index contributed by atoms with van der Waals surface area (Å²) < 4.78 is 18.3. The summed E-state index contributed by atoms with van der Waals surface area (Å²) in [5.41, 5.74) is 0.425. The van der Waals surface area contributed by atoms with Gasteiger partial charge in [0.15, 0.2) is 0 Å². The monoisotopic (exact) mass is 382 g/mol. The van der Waals surface area contributed by atoms with Crippen LogP contribution in [0.5, 0.6) is 5.75 Å². The number of rotatable bonds is 9. The number of ether oxygens (including phenoxy) is 1. The number of hydrogen-bond donors (Lipinski definition) is 0. The summed E-state index contributed by atoms with van der Waals surface area (Å²) >= 11 is 0. The third-order valence-electron chi connectivity index (χ3n) is 6.13. The zero-order valence-electron chi connectivity index (χ0n) is 18.2. The fraction of sp³-hybridized carbons (Fsp3) is 0.583. The van der Waals surface area contributed by atoms with Crippen LogP contribution in [-0.2, 0) is 9.31 Å². The lowest BCUT2D eigenvalue weighted by Gasteiger charge is -2.32. The van der Waals surface area contributed by atoms with Gasteiger partial charge >= 0.3 is 7.12 Å². The third-order valence-corrected chi connectivity index (χ3v) is 6.13. The van der Waals surface area contributed by atoms with Crippen LogP contribution in [-0.4, -0.2) is 24.9 Å². The Hall–Kier alpha value is -1.52. The summed E-state index contributed by atoms with van der Waals surface area (Å²) in [6, 6.07) is 12.7. The molecule has 1 aliphatic rings. The van der Waals surface area contributed by atoms with Gasteiger partial charge in [0.05, 0.1) is 17.8 Å². The molecule has 1 fully saturated rings. The zero-order chi connectivity index (χ0) is 20.2. The quantitative estimate of drug-likeness (QED) is 0.400. The van der Waals surface area contributed by atoms with Gasteiger partial charge in [0.2, 0.25) is 0 Å². The van der Waals surface area contributed by atoms with Crippen molar-refractivity contribution in [1.82, 2.24) is 0 Å². The maximum atomic E-state index is 6.18. The Balaban J connectivity index is 1.58. The van der Waals surface area contributed by atoms with Gasteiger partial charge < -0.3 is 14.0 Å². The number of fused-ring (bicyclic) bond motifs is 1. The molecule has 28 heavy (non-hydrogen) atoms. The fourth-order valence-electron chi connectivity index (χ4n) is 3.53. The summed E-state index contributed by atoms with van der Waals surface area (Å²) in [5.74, 6) is 0.949. The lowest BCUT2D eigenvalue weighted by atomic mass is 9.78. The second kappa shape index (κ2) is 8.88. The molecule has 0 amide bonds. The summed E-state index contributed by atoms with van der Waals surface area (Å²) in [7, 11) is -0.321. The predicted molar refractivity (Wildman–Crippen MR) is 119 cm³/mol. The van der Waals surface area contributed by atoms with Gasteiger partial charge in [-0.1, -0.05) is 63.3 Å². The van der Waals surface area contributed by atoms with Gasteiger partial charge in [-0.3, -0.25) is 0 Å². The summed E-state index contributed by atoms with van der Waals surface area (Å²) in [6.45, 7) is 11.4. The predicted octanol–water partition coefficient (Wildman–Crippen LogP) is 5.88. The van der Waals surface area contributed by atoms with Crippen molar-refractivity contribution in [1.29, 1.82) is 0 Å². The molecule has 0 aromatic heterocycles. The van der Waals surface area contributed by atoms with Gasteiger partial charge in [-0.2, -0.15) is 0 Å². The highest BCUT2D eigenvalue weighted by Crippen LogP contribution is 2.36. The summed E-state index contributed by atoms with van der Waals surface area (Å²) in [4.78, 5) is 0. The molecule has 1 aliphatic heterocycles. The van der Waals surface area contributed by atoms with E-state index < -0.39 is 0 Å². The summed E-state index contributed by atoms with van der Waals surface area (Å²) in [6.07, 6.45) is 7.69. The Labute approximate surface area is 170 Å². The van der Waals surface area contributed by atoms with E-state index >= 15 is 0 Å². The van der Waals surface area contributed by atoms with Gasteiger partial charge in [0.25, 0.3) is 0 Å². The van der Waals surface area contributed by atoms with E-state index in [0.29, 0.717) is 0 Å². The Bertz CT molecular complexity index is 769. The van der Waals surface area contributed by atoms with Crippen LogP contribution in [0, 0.1) is 0 Å². The highest BCUT2D eigenvalue weighted by molar-refractivity contribution is 6.62. The smallest absolute Gasteiger partial charge is 0.494 e. The molecule has 0 radical (unpaired) electrons. The largest absolute Gasteiger partial charge is 0.494 e. The Morgan fingerprint density at radius 2 is 1.39 bits per heavy atom. The van der Waals surface area contributed by atoms with Crippen LogP contribution in [0.3, 0.4) is 0 Å². The first-order chi connectivity index (χ1) is 13.3. The molecule has 0 N–H and O–H groups in total. The zero-order valence-corrected chi connectivity index (χ0v) is 18.2. The minimum atomic E-state index is -0.321. The van der Waals surface area contributed by atoms with E-state index in [-0.39, 0.29) is 18.3 Å². The number of hydrogen-bond acceptors (Lipinski definition) is 3. The normalized spacial score (nSPS) is 18.0. The lowest BCUT2D eigenvalue weighted by Crippen LogP contribution is -2.41. The molecule has 2 aromatic carbocycles. The van der Waals surface area contributed by atoms with E-state index in [2.05, 4.69) is 71.0 Å². The van der Waals surface area contributed by atoms with Crippen molar-refractivity contribution in [2.75, 3.05) is 6.61 Å². The van der Waals surface area contributed by atoms with Crippen LogP contribution >= 0.6 is 0 Å². The second-order valence-corrected chi connectivity index (χ2v) is 8.97. The fourth-order valence-corrected chi connectivity index (χ4v) is 3.53. The summed E-state index contributed by atoms with van der Waals surface area (Å²) in [5, 5.41) is 2.36. The van der Waals surface area contributed by atoms with Crippen molar-refractivity contribution in [2.45, 2.75) is 84.3 Å². The van der Waals surface area contributed by atoms with Gasteiger partial charge in [-0.05, 0) is 62.5 Å². The molecule has 0 atom stereocenters. The lowest BCUT2D eigenvalue weighted by molar-refractivity contribution is 0.00578. The van der Waals surface area contributed by atoms with E-state index in [1.54, 1.807) is 0 Å². The van der Waals surface area contributed by atoms with E-state index in [9.17, 15) is 0 Å². The van der Waals surface area contributed by atoms with Crippen LogP contribution in [0.4, 0.5) is 0 Å². The second-order valence-electron chi connectivity index (χ2n) is 8.97. The molecule has 0 unspecified atom stereocenters. The van der Waals surface area contributed by atoms with E-state index in [1.807, 2.05) is 0 Å². The average molecular weight is 382 g/mol. The Kier molecular flexibility index (Phi) is 6.72. The van der Waals surface area contributed by atoms with Gasteiger partial charge in [-0.15, -0.1) is 0 Å². The number of unbranched alkanes of at least 4 members (excludes halogenated alkanes) is 5. The molecule has 0 spiro atoms. The van der Waals surface area contributed by atoms with Crippen molar-refractivity contribution < 1.29 is 14.0 Å². The van der Waals surface area contributed by atoms with E-state index in [4.69, 9.17) is 14.0 Å². The molecule has 3 rings (SSSR count). The van der Waals surface area contributed by atoms with Crippen LogP contribution in [0.2, 0.25) is 0 Å². The Morgan fingerprint density at radius 1 is 0.786 bits per heavy atom. The molecule has 4 heteroatoms. The molecule has 1 saturated heterocycles. The van der Waals surface area contributed by atoms with Crippen molar-refractivity contribution in [2.24, 2.45) is 0 Å². The number of benzene rings is 2. The first kappa shape index (κ1) is 21.2. The minimum Gasteiger partial charge on any atom is -0.494 e. The maximum absolute atomic E-state index is 6.18. The van der Waals surface area contributed by atoms with Gasteiger partial charge in [0.1, 0.15) is 5.75 Å². The van der Waals surface area contributed by atoms with Crippen LogP contribution in [0.15, 0.2) is 36.4 Å². The minimum absolute atomic E-state index is 0.319. The van der Waals surface area contributed by atoms with Crippen molar-refractivity contribution in [3.05, 3.63) is 36.4 Å². The van der Waals surface area contributed by atoms with Crippen molar-refractivity contribution in [3.8, 4) is 5.75 Å². The highest BCUT2D eigenvalue weighted by Gasteiger charge is 2.51. The maximum Gasteiger partial charge on any atom is 0.494 e. The van der Waals surface area contributed by atoms with Crippen molar-refractivity contribution >= 4 is 23.4 Å². The average Bonchev–Trinajstić information content (AvgIpc) is 2.88. The molecule has 3 nitrogen and oxygen atoms in total. The molecular weight excluding hydrogens is 347 g/mol. The third kappa shape index (κ3) is 4.90. The van der Waals surface area contributed by atoms with E-state index in [0.717, 1.165) is 24.2 Å². The molecule has 152 valence electrons. The highest BCUT2D eigenvalue weighted by atomic mass is 16.7. The molecular formula is C24H35BO3. The van der Waals surface area contributed by atoms with Crippen LogP contribution < -0.4 is 10.2 Å². The molecule has 0 saturated carbocycles.